The Hall–Kier alpha value is -4.32. The van der Waals surface area contributed by atoms with Crippen LogP contribution in [0, 0.1) is 5.82 Å². The van der Waals surface area contributed by atoms with Crippen molar-refractivity contribution >= 4 is 28.2 Å². The molecule has 3 aromatic carbocycles. The highest BCUT2D eigenvalue weighted by atomic mass is 19.1. The quantitative estimate of drug-likeness (QED) is 0.277. The van der Waals surface area contributed by atoms with Crippen LogP contribution < -0.4 is 0 Å². The lowest BCUT2D eigenvalue weighted by molar-refractivity contribution is -0.140. The van der Waals surface area contributed by atoms with Crippen molar-refractivity contribution in [2.75, 3.05) is 0 Å². The molecule has 0 saturated carbocycles. The minimum Gasteiger partial charge on any atom is -0.507 e. The molecule has 33 heavy (non-hydrogen) atoms. The molecule has 1 aliphatic heterocycles. The first-order chi connectivity index (χ1) is 16.0. The van der Waals surface area contributed by atoms with E-state index in [9.17, 15) is 19.1 Å². The maximum absolute atomic E-state index is 14.9. The number of aliphatic hydroxyl groups is 1. The number of halogens is 1. The van der Waals surface area contributed by atoms with Gasteiger partial charge in [0, 0.05) is 30.1 Å². The van der Waals surface area contributed by atoms with Gasteiger partial charge in [-0.05, 0) is 34.5 Å². The van der Waals surface area contributed by atoms with Gasteiger partial charge in [-0.3, -0.25) is 14.6 Å². The summed E-state index contributed by atoms with van der Waals surface area (Å²) in [6, 6.07) is 21.3. The second-order valence-electron chi connectivity index (χ2n) is 7.87. The Kier molecular flexibility index (Phi) is 5.18. The van der Waals surface area contributed by atoms with Crippen LogP contribution in [-0.4, -0.2) is 26.7 Å². The zero-order valence-electron chi connectivity index (χ0n) is 17.5. The van der Waals surface area contributed by atoms with E-state index in [1.807, 2.05) is 30.3 Å². The molecule has 1 aromatic heterocycles. The number of benzene rings is 3. The molecule has 0 aliphatic carbocycles. The third kappa shape index (κ3) is 3.65. The van der Waals surface area contributed by atoms with Gasteiger partial charge in [-0.15, -0.1) is 0 Å². The van der Waals surface area contributed by atoms with Gasteiger partial charge in [0.25, 0.3) is 11.7 Å². The summed E-state index contributed by atoms with van der Waals surface area (Å²) in [5.74, 6) is -2.54. The van der Waals surface area contributed by atoms with Gasteiger partial charge in [-0.2, -0.15) is 0 Å². The topological polar surface area (TPSA) is 70.5 Å². The minimum atomic E-state index is -1.07. The van der Waals surface area contributed by atoms with Crippen molar-refractivity contribution in [1.82, 2.24) is 9.88 Å². The van der Waals surface area contributed by atoms with Crippen LogP contribution in [0.25, 0.3) is 16.5 Å². The first kappa shape index (κ1) is 20.6. The number of carbonyl (C=O) groups is 2. The Morgan fingerprint density at radius 2 is 1.70 bits per heavy atom. The smallest absolute Gasteiger partial charge is 0.295 e. The number of rotatable bonds is 4. The number of aliphatic hydroxyl groups excluding tert-OH is 1. The van der Waals surface area contributed by atoms with E-state index in [-0.39, 0.29) is 23.4 Å². The molecule has 0 spiro atoms. The van der Waals surface area contributed by atoms with Crippen molar-refractivity contribution in [3.05, 3.63) is 119 Å². The summed E-state index contributed by atoms with van der Waals surface area (Å²) in [5, 5.41) is 13.1. The number of ketones is 1. The molecule has 5 rings (SSSR count). The highest BCUT2D eigenvalue weighted by Crippen LogP contribution is 2.41. The lowest BCUT2D eigenvalue weighted by Crippen LogP contribution is -2.29. The zero-order valence-corrected chi connectivity index (χ0v) is 17.5. The number of likely N-dealkylation sites (tertiary alicyclic amines) is 1. The van der Waals surface area contributed by atoms with Gasteiger partial charge < -0.3 is 10.0 Å². The summed E-state index contributed by atoms with van der Waals surface area (Å²) in [4.78, 5) is 31.5. The monoisotopic (exact) mass is 438 g/mol. The van der Waals surface area contributed by atoms with E-state index >= 15 is 0 Å². The fourth-order valence-electron chi connectivity index (χ4n) is 4.24. The van der Waals surface area contributed by atoms with Crippen molar-refractivity contribution in [2.45, 2.75) is 12.6 Å². The van der Waals surface area contributed by atoms with Crippen molar-refractivity contribution in [3.8, 4) is 0 Å². The normalized spacial score (nSPS) is 17.6. The van der Waals surface area contributed by atoms with Crippen molar-refractivity contribution < 1.29 is 19.1 Å². The highest BCUT2D eigenvalue weighted by Gasteiger charge is 2.46. The molecular weight excluding hydrogens is 419 g/mol. The second-order valence-corrected chi connectivity index (χ2v) is 7.87. The Labute approximate surface area is 189 Å². The Morgan fingerprint density at radius 3 is 2.45 bits per heavy atom. The van der Waals surface area contributed by atoms with Crippen LogP contribution >= 0.6 is 0 Å². The van der Waals surface area contributed by atoms with E-state index in [1.54, 1.807) is 42.7 Å². The number of Topliss-reactive ketones (excluding diaryl/α,β-unsaturated/α-hetero) is 1. The molecule has 5 nitrogen and oxygen atoms in total. The molecule has 1 N–H and O–H groups in total. The SMILES string of the molecule is O=C1C(=O)N(Cc2cccnc2)C(c2ccccc2F)/C1=C(\O)c1ccc2ccccc2c1. The van der Waals surface area contributed by atoms with Gasteiger partial charge in [0.2, 0.25) is 0 Å². The van der Waals surface area contributed by atoms with E-state index in [1.165, 1.54) is 23.1 Å². The predicted molar refractivity (Wildman–Crippen MR) is 122 cm³/mol. The lowest BCUT2D eigenvalue weighted by atomic mass is 9.94. The number of amides is 1. The Morgan fingerprint density at radius 1 is 0.939 bits per heavy atom. The molecule has 1 aliphatic rings. The summed E-state index contributed by atoms with van der Waals surface area (Å²) in [7, 11) is 0. The average Bonchev–Trinajstić information content (AvgIpc) is 3.09. The molecule has 1 atom stereocenters. The molecule has 0 bridgehead atoms. The third-order valence-electron chi connectivity index (χ3n) is 5.84. The number of hydrogen-bond acceptors (Lipinski definition) is 4. The molecule has 0 radical (unpaired) electrons. The summed E-state index contributed by atoms with van der Waals surface area (Å²) in [5.41, 5.74) is 1.08. The number of fused-ring (bicyclic) bond motifs is 1. The van der Waals surface area contributed by atoms with Gasteiger partial charge in [-0.25, -0.2) is 4.39 Å². The largest absolute Gasteiger partial charge is 0.507 e. The van der Waals surface area contributed by atoms with Crippen LogP contribution in [0.3, 0.4) is 0 Å². The highest BCUT2D eigenvalue weighted by molar-refractivity contribution is 6.46. The average molecular weight is 438 g/mol. The Balaban J connectivity index is 1.68. The van der Waals surface area contributed by atoms with Crippen LogP contribution in [0.4, 0.5) is 4.39 Å². The summed E-state index contributed by atoms with van der Waals surface area (Å²) >= 11 is 0. The molecule has 1 amide bonds. The minimum absolute atomic E-state index is 0.0475. The van der Waals surface area contributed by atoms with Crippen molar-refractivity contribution in [3.63, 3.8) is 0 Å². The first-order valence-corrected chi connectivity index (χ1v) is 10.5. The third-order valence-corrected chi connectivity index (χ3v) is 5.84. The fraction of sp³-hybridized carbons (Fsp3) is 0.0741. The molecular formula is C27H19FN2O3. The number of carbonyl (C=O) groups excluding carboxylic acids is 2. The van der Waals surface area contributed by atoms with Crippen molar-refractivity contribution in [2.24, 2.45) is 0 Å². The van der Waals surface area contributed by atoms with Crippen LogP contribution in [-0.2, 0) is 16.1 Å². The summed E-state index contributed by atoms with van der Waals surface area (Å²) < 4.78 is 14.9. The first-order valence-electron chi connectivity index (χ1n) is 10.5. The van der Waals surface area contributed by atoms with Crippen LogP contribution in [0.15, 0.2) is 96.8 Å². The van der Waals surface area contributed by atoms with Gasteiger partial charge in [0.05, 0.1) is 11.6 Å². The molecule has 1 unspecified atom stereocenters. The fourth-order valence-corrected chi connectivity index (χ4v) is 4.24. The number of nitrogens with zero attached hydrogens (tertiary/aromatic N) is 2. The maximum atomic E-state index is 14.9. The number of pyridine rings is 1. The lowest BCUT2D eigenvalue weighted by Gasteiger charge is -2.25. The van der Waals surface area contributed by atoms with E-state index in [0.717, 1.165) is 10.8 Å². The number of aromatic nitrogens is 1. The molecule has 1 fully saturated rings. The zero-order chi connectivity index (χ0) is 22.9. The molecule has 162 valence electrons. The van der Waals surface area contributed by atoms with E-state index in [0.29, 0.717) is 11.1 Å². The summed E-state index contributed by atoms with van der Waals surface area (Å²) in [6.07, 6.45) is 3.19. The molecule has 4 aromatic rings. The van der Waals surface area contributed by atoms with Crippen LogP contribution in [0.1, 0.15) is 22.7 Å². The molecule has 1 saturated heterocycles. The van der Waals surface area contributed by atoms with Crippen LogP contribution in [0.5, 0.6) is 0 Å². The molecule has 2 heterocycles. The summed E-state index contributed by atoms with van der Waals surface area (Å²) in [6.45, 7) is 0.0475. The van der Waals surface area contributed by atoms with E-state index in [4.69, 9.17) is 0 Å². The second kappa shape index (κ2) is 8.31. The van der Waals surface area contributed by atoms with Gasteiger partial charge in [0.15, 0.2) is 0 Å². The number of hydrogen-bond donors (Lipinski definition) is 1. The van der Waals surface area contributed by atoms with Gasteiger partial charge in [0.1, 0.15) is 11.6 Å². The standard InChI is InChI=1S/C27H19FN2O3/c28-22-10-4-3-9-21(22)24-23(25(31)20-12-11-18-7-1-2-8-19(18)14-20)26(32)27(33)30(24)16-17-6-5-13-29-15-17/h1-15,24,31H,16H2/b25-23+. The van der Waals surface area contributed by atoms with Crippen LogP contribution in [0.2, 0.25) is 0 Å². The van der Waals surface area contributed by atoms with Crippen molar-refractivity contribution in [1.29, 1.82) is 0 Å². The van der Waals surface area contributed by atoms with E-state index in [2.05, 4.69) is 4.98 Å². The van der Waals surface area contributed by atoms with E-state index < -0.39 is 23.5 Å². The Bertz CT molecular complexity index is 1420. The van der Waals surface area contributed by atoms with Gasteiger partial charge >= 0.3 is 0 Å². The predicted octanol–water partition coefficient (Wildman–Crippen LogP) is 5.00. The van der Waals surface area contributed by atoms with Gasteiger partial charge in [-0.1, -0.05) is 60.7 Å². The molecule has 6 heteroatoms. The maximum Gasteiger partial charge on any atom is 0.295 e.